The van der Waals surface area contributed by atoms with Crippen LogP contribution < -0.4 is 5.32 Å². The highest BCUT2D eigenvalue weighted by atomic mass is 15.2. The molecule has 17 heavy (non-hydrogen) atoms. The Morgan fingerprint density at radius 2 is 1.88 bits per heavy atom. The lowest BCUT2D eigenvalue weighted by Crippen LogP contribution is -2.44. The molecule has 1 rings (SSSR count). The van der Waals surface area contributed by atoms with Gasteiger partial charge >= 0.3 is 0 Å². The van der Waals surface area contributed by atoms with Crippen molar-refractivity contribution in [1.29, 1.82) is 0 Å². The van der Waals surface area contributed by atoms with Crippen molar-refractivity contribution in [3.8, 4) is 0 Å². The predicted molar refractivity (Wildman–Crippen MR) is 76.4 cm³/mol. The molecule has 102 valence electrons. The van der Waals surface area contributed by atoms with Crippen molar-refractivity contribution in [3.63, 3.8) is 0 Å². The molecule has 0 aliphatic heterocycles. The van der Waals surface area contributed by atoms with E-state index < -0.39 is 0 Å². The second kappa shape index (κ2) is 8.10. The lowest BCUT2D eigenvalue weighted by atomic mass is 10.1. The summed E-state index contributed by atoms with van der Waals surface area (Å²) in [7, 11) is 0. The van der Waals surface area contributed by atoms with Crippen molar-refractivity contribution in [2.45, 2.75) is 59.4 Å². The summed E-state index contributed by atoms with van der Waals surface area (Å²) in [5.41, 5.74) is 0. The van der Waals surface area contributed by atoms with E-state index >= 15 is 0 Å². The fourth-order valence-electron chi connectivity index (χ4n) is 2.45. The molecule has 1 aliphatic rings. The first-order valence-electron chi connectivity index (χ1n) is 7.62. The number of nitrogens with one attached hydrogen (secondary N) is 1. The molecule has 0 spiro atoms. The van der Waals surface area contributed by atoms with Crippen LogP contribution in [-0.4, -0.2) is 37.1 Å². The molecule has 0 aromatic rings. The first-order chi connectivity index (χ1) is 8.17. The molecule has 0 heterocycles. The third kappa shape index (κ3) is 6.42. The van der Waals surface area contributed by atoms with Crippen LogP contribution in [0.4, 0.5) is 0 Å². The van der Waals surface area contributed by atoms with E-state index in [0.29, 0.717) is 0 Å². The Hall–Kier alpha value is -0.0800. The summed E-state index contributed by atoms with van der Waals surface area (Å²) in [5.74, 6) is 1.77. The average molecular weight is 240 g/mol. The SMILES string of the molecule is CCCC(CNCC(C)C)N(CC)CC1CC1. The van der Waals surface area contributed by atoms with E-state index in [9.17, 15) is 0 Å². The summed E-state index contributed by atoms with van der Waals surface area (Å²) >= 11 is 0. The maximum Gasteiger partial charge on any atom is 0.0220 e. The molecule has 1 N–H and O–H groups in total. The Kier molecular flexibility index (Phi) is 7.14. The quantitative estimate of drug-likeness (QED) is 0.631. The molecule has 0 aromatic carbocycles. The normalized spacial score (nSPS) is 18.0. The highest BCUT2D eigenvalue weighted by Gasteiger charge is 2.26. The lowest BCUT2D eigenvalue weighted by Gasteiger charge is -2.31. The highest BCUT2D eigenvalue weighted by molar-refractivity contribution is 4.81. The maximum absolute atomic E-state index is 3.64. The van der Waals surface area contributed by atoms with Gasteiger partial charge in [-0.25, -0.2) is 0 Å². The average Bonchev–Trinajstić information content (AvgIpc) is 3.08. The van der Waals surface area contributed by atoms with Gasteiger partial charge in [0.25, 0.3) is 0 Å². The zero-order chi connectivity index (χ0) is 12.7. The minimum atomic E-state index is 0.754. The molecule has 0 aromatic heterocycles. The molecule has 1 saturated carbocycles. The summed E-state index contributed by atoms with van der Waals surface area (Å²) in [6.45, 7) is 14.1. The minimum Gasteiger partial charge on any atom is -0.315 e. The molecule has 0 radical (unpaired) electrons. The van der Waals surface area contributed by atoms with Gasteiger partial charge in [-0.15, -0.1) is 0 Å². The number of hydrogen-bond acceptors (Lipinski definition) is 2. The van der Waals surface area contributed by atoms with Crippen LogP contribution in [0.1, 0.15) is 53.4 Å². The monoisotopic (exact) mass is 240 g/mol. The third-order valence-corrected chi connectivity index (χ3v) is 3.67. The molecule has 0 amide bonds. The summed E-state index contributed by atoms with van der Waals surface area (Å²) in [6, 6.07) is 0.754. The van der Waals surface area contributed by atoms with E-state index in [2.05, 4.69) is 37.9 Å². The Bertz CT molecular complexity index is 187. The number of nitrogens with zero attached hydrogens (tertiary/aromatic N) is 1. The van der Waals surface area contributed by atoms with Crippen molar-refractivity contribution in [2.24, 2.45) is 11.8 Å². The van der Waals surface area contributed by atoms with Gasteiger partial charge in [0.05, 0.1) is 0 Å². The first kappa shape index (κ1) is 15.0. The topological polar surface area (TPSA) is 15.3 Å². The molecule has 2 heteroatoms. The van der Waals surface area contributed by atoms with Crippen LogP contribution in [0, 0.1) is 11.8 Å². The van der Waals surface area contributed by atoms with Crippen molar-refractivity contribution in [3.05, 3.63) is 0 Å². The van der Waals surface area contributed by atoms with Crippen molar-refractivity contribution < 1.29 is 0 Å². The van der Waals surface area contributed by atoms with Gasteiger partial charge in [-0.2, -0.15) is 0 Å². The van der Waals surface area contributed by atoms with E-state index in [1.165, 1.54) is 45.3 Å². The lowest BCUT2D eigenvalue weighted by molar-refractivity contribution is 0.181. The smallest absolute Gasteiger partial charge is 0.0220 e. The second-order valence-electron chi connectivity index (χ2n) is 6.03. The molecule has 1 fully saturated rings. The van der Waals surface area contributed by atoms with Crippen LogP contribution >= 0.6 is 0 Å². The summed E-state index contributed by atoms with van der Waals surface area (Å²) in [6.07, 6.45) is 5.57. The van der Waals surface area contributed by atoms with Gasteiger partial charge in [0.1, 0.15) is 0 Å². The Morgan fingerprint density at radius 1 is 1.18 bits per heavy atom. The van der Waals surface area contributed by atoms with Crippen LogP contribution in [0.3, 0.4) is 0 Å². The number of likely N-dealkylation sites (N-methyl/N-ethyl adjacent to an activating group) is 1. The molecule has 0 saturated heterocycles. The van der Waals surface area contributed by atoms with E-state index in [4.69, 9.17) is 0 Å². The van der Waals surface area contributed by atoms with Crippen molar-refractivity contribution in [1.82, 2.24) is 10.2 Å². The van der Waals surface area contributed by atoms with Gasteiger partial charge in [-0.1, -0.05) is 34.1 Å². The number of rotatable bonds is 10. The van der Waals surface area contributed by atoms with Gasteiger partial charge < -0.3 is 5.32 Å². The van der Waals surface area contributed by atoms with Crippen LogP contribution in [0.25, 0.3) is 0 Å². The van der Waals surface area contributed by atoms with Gasteiger partial charge in [0.2, 0.25) is 0 Å². The summed E-state index contributed by atoms with van der Waals surface area (Å²) in [5, 5.41) is 3.64. The van der Waals surface area contributed by atoms with Crippen LogP contribution in [-0.2, 0) is 0 Å². The Labute approximate surface area is 108 Å². The predicted octanol–water partition coefficient (Wildman–Crippen LogP) is 3.13. The molecular weight excluding hydrogens is 208 g/mol. The minimum absolute atomic E-state index is 0.754. The second-order valence-corrected chi connectivity index (χ2v) is 6.03. The summed E-state index contributed by atoms with van der Waals surface area (Å²) in [4.78, 5) is 2.70. The van der Waals surface area contributed by atoms with Gasteiger partial charge in [0.15, 0.2) is 0 Å². The molecule has 1 aliphatic carbocycles. The van der Waals surface area contributed by atoms with Gasteiger partial charge in [-0.3, -0.25) is 4.90 Å². The zero-order valence-electron chi connectivity index (χ0n) is 12.3. The number of hydrogen-bond donors (Lipinski definition) is 1. The fraction of sp³-hybridized carbons (Fsp3) is 1.00. The zero-order valence-corrected chi connectivity index (χ0v) is 12.3. The molecule has 1 atom stereocenters. The van der Waals surface area contributed by atoms with E-state index in [-0.39, 0.29) is 0 Å². The van der Waals surface area contributed by atoms with Gasteiger partial charge in [0, 0.05) is 19.1 Å². The Morgan fingerprint density at radius 3 is 2.35 bits per heavy atom. The van der Waals surface area contributed by atoms with E-state index in [1.54, 1.807) is 0 Å². The fourth-order valence-corrected chi connectivity index (χ4v) is 2.45. The molecule has 0 bridgehead atoms. The standard InChI is InChI=1S/C15H32N2/c1-5-7-15(11-16-10-13(3)4)17(6-2)12-14-8-9-14/h13-16H,5-12H2,1-4H3. The van der Waals surface area contributed by atoms with Crippen molar-refractivity contribution in [2.75, 3.05) is 26.2 Å². The molecule has 1 unspecified atom stereocenters. The van der Waals surface area contributed by atoms with Crippen LogP contribution in [0.5, 0.6) is 0 Å². The molecule has 2 nitrogen and oxygen atoms in total. The largest absolute Gasteiger partial charge is 0.315 e. The van der Waals surface area contributed by atoms with Gasteiger partial charge in [-0.05, 0) is 44.2 Å². The Balaban J connectivity index is 2.31. The first-order valence-corrected chi connectivity index (χ1v) is 7.62. The van der Waals surface area contributed by atoms with E-state index in [1.807, 2.05) is 0 Å². The third-order valence-electron chi connectivity index (χ3n) is 3.67. The van der Waals surface area contributed by atoms with Crippen LogP contribution in [0.15, 0.2) is 0 Å². The highest BCUT2D eigenvalue weighted by Crippen LogP contribution is 2.30. The van der Waals surface area contributed by atoms with E-state index in [0.717, 1.165) is 24.4 Å². The van der Waals surface area contributed by atoms with Crippen molar-refractivity contribution >= 4 is 0 Å². The molecular formula is C15H32N2. The summed E-state index contributed by atoms with van der Waals surface area (Å²) < 4.78 is 0. The maximum atomic E-state index is 3.64. The van der Waals surface area contributed by atoms with Crippen LogP contribution in [0.2, 0.25) is 0 Å².